The highest BCUT2D eigenvalue weighted by Gasteiger charge is 2.41. The molecule has 6 heteroatoms. The Morgan fingerprint density at radius 1 is 1.26 bits per heavy atom. The highest BCUT2D eigenvalue weighted by atomic mass is 16.3. The average molecular weight is 373 g/mol. The highest BCUT2D eigenvalue weighted by Crippen LogP contribution is 2.35. The second-order valence-corrected chi connectivity index (χ2v) is 7.83. The van der Waals surface area contributed by atoms with Crippen LogP contribution in [0.5, 0.6) is 0 Å². The van der Waals surface area contributed by atoms with Crippen molar-refractivity contribution in [1.29, 1.82) is 0 Å². The summed E-state index contributed by atoms with van der Waals surface area (Å²) in [6.07, 6.45) is 1.83. The number of rotatable bonds is 6. The zero-order chi connectivity index (χ0) is 19.6. The molecule has 1 fully saturated rings. The molecule has 1 aromatic heterocycles. The van der Waals surface area contributed by atoms with Crippen molar-refractivity contribution in [3.63, 3.8) is 0 Å². The van der Waals surface area contributed by atoms with Gasteiger partial charge in [-0.1, -0.05) is 31.5 Å². The topological polar surface area (TPSA) is 70.6 Å². The molecular formula is C21H31N3O3. The predicted molar refractivity (Wildman–Crippen MR) is 106 cm³/mol. The number of benzene rings is 1. The smallest absolute Gasteiger partial charge is 0.276 e. The molecule has 2 N–H and O–H groups in total. The maximum absolute atomic E-state index is 13.1. The molecule has 0 radical (unpaired) electrons. The summed E-state index contributed by atoms with van der Waals surface area (Å²) in [7, 11) is 1.91. The minimum absolute atomic E-state index is 0.00240. The Labute approximate surface area is 160 Å². The fourth-order valence-corrected chi connectivity index (χ4v) is 4.38. The van der Waals surface area contributed by atoms with Crippen molar-refractivity contribution in [3.8, 4) is 5.69 Å². The Morgan fingerprint density at radius 2 is 1.96 bits per heavy atom. The van der Waals surface area contributed by atoms with Crippen LogP contribution in [-0.4, -0.2) is 50.3 Å². The molecule has 0 saturated carbocycles. The molecule has 1 saturated heterocycles. The Balaban J connectivity index is 1.89. The van der Waals surface area contributed by atoms with Gasteiger partial charge in [0, 0.05) is 37.8 Å². The van der Waals surface area contributed by atoms with Gasteiger partial charge >= 0.3 is 0 Å². The molecular weight excluding hydrogens is 342 g/mol. The van der Waals surface area contributed by atoms with Crippen molar-refractivity contribution in [2.45, 2.75) is 45.8 Å². The summed E-state index contributed by atoms with van der Waals surface area (Å²) < 4.78 is 3.60. The molecule has 27 heavy (non-hydrogen) atoms. The third-order valence-electron chi connectivity index (χ3n) is 6.08. The van der Waals surface area contributed by atoms with Gasteiger partial charge < -0.3 is 10.2 Å². The van der Waals surface area contributed by atoms with E-state index in [4.69, 9.17) is 0 Å². The lowest BCUT2D eigenvalue weighted by atomic mass is 9.74. The van der Waals surface area contributed by atoms with Crippen LogP contribution in [0.15, 0.2) is 35.1 Å². The molecule has 148 valence electrons. The van der Waals surface area contributed by atoms with Gasteiger partial charge in [0.25, 0.3) is 5.56 Å². The van der Waals surface area contributed by atoms with Crippen molar-refractivity contribution in [2.75, 3.05) is 19.7 Å². The lowest BCUT2D eigenvalue weighted by Crippen LogP contribution is -2.53. The minimum atomic E-state index is -0.492. The van der Waals surface area contributed by atoms with Crippen molar-refractivity contribution < 1.29 is 10.2 Å². The molecule has 0 amide bonds. The fourth-order valence-electron chi connectivity index (χ4n) is 4.38. The molecule has 0 aliphatic carbocycles. The van der Waals surface area contributed by atoms with Crippen LogP contribution < -0.4 is 5.56 Å². The normalized spacial score (nSPS) is 23.7. The van der Waals surface area contributed by atoms with Crippen LogP contribution in [0.3, 0.4) is 0 Å². The summed E-state index contributed by atoms with van der Waals surface area (Å²) in [5.74, 6) is 0. The number of aromatic nitrogens is 2. The zero-order valence-electron chi connectivity index (χ0n) is 16.6. The number of aliphatic hydroxyl groups excluding tert-OH is 2. The van der Waals surface area contributed by atoms with E-state index in [2.05, 4.69) is 11.8 Å². The van der Waals surface area contributed by atoms with Gasteiger partial charge in [-0.2, -0.15) is 0 Å². The molecule has 6 nitrogen and oxygen atoms in total. The Morgan fingerprint density at radius 3 is 2.59 bits per heavy atom. The second-order valence-electron chi connectivity index (χ2n) is 7.83. The summed E-state index contributed by atoms with van der Waals surface area (Å²) in [5, 5.41) is 20.5. The van der Waals surface area contributed by atoms with Gasteiger partial charge in [0.05, 0.1) is 24.0 Å². The van der Waals surface area contributed by atoms with Crippen molar-refractivity contribution in [1.82, 2.24) is 14.3 Å². The highest BCUT2D eigenvalue weighted by molar-refractivity contribution is 5.33. The van der Waals surface area contributed by atoms with Crippen molar-refractivity contribution in [3.05, 3.63) is 51.9 Å². The number of likely N-dealkylation sites (tertiary alicyclic amines) is 1. The SMILES string of the molecule is CCC[C@@]1(CO)CN(Cc2c(C)n(C)n(-c3ccccc3)c2=O)CC[C@H]1O. The number of aliphatic hydroxyl groups is 2. The van der Waals surface area contributed by atoms with E-state index >= 15 is 0 Å². The third-order valence-corrected chi connectivity index (χ3v) is 6.08. The number of hydrogen-bond donors (Lipinski definition) is 2. The molecule has 2 heterocycles. The predicted octanol–water partition coefficient (Wildman–Crippen LogP) is 1.83. The molecule has 1 aliphatic rings. The average Bonchev–Trinajstić information content (AvgIpc) is 2.88. The molecule has 0 unspecified atom stereocenters. The lowest BCUT2D eigenvalue weighted by molar-refractivity contribution is -0.0820. The van der Waals surface area contributed by atoms with Gasteiger partial charge in [-0.05, 0) is 31.9 Å². The quantitative estimate of drug-likeness (QED) is 0.810. The molecule has 1 aliphatic heterocycles. The standard InChI is InChI=1S/C21H31N3O3/c1-4-11-21(15-25)14-23(12-10-19(21)26)13-18-16(2)22(3)24(20(18)27)17-8-6-5-7-9-17/h5-9,19,25-26H,4,10-15H2,1-3H3/t19-,21+/m1/s1. The van der Waals surface area contributed by atoms with Gasteiger partial charge in [0.15, 0.2) is 0 Å². The first-order valence-corrected chi connectivity index (χ1v) is 9.77. The minimum Gasteiger partial charge on any atom is -0.396 e. The summed E-state index contributed by atoms with van der Waals surface area (Å²) in [5.41, 5.74) is 2.08. The van der Waals surface area contributed by atoms with Crippen LogP contribution in [-0.2, 0) is 13.6 Å². The third kappa shape index (κ3) is 3.61. The number of nitrogens with zero attached hydrogens (tertiary/aromatic N) is 3. The van der Waals surface area contributed by atoms with Crippen molar-refractivity contribution in [2.24, 2.45) is 12.5 Å². The Hall–Kier alpha value is -1.89. The molecule has 1 aromatic carbocycles. The fraction of sp³-hybridized carbons (Fsp3) is 0.571. The Kier molecular flexibility index (Phi) is 5.89. The van der Waals surface area contributed by atoms with Gasteiger partial charge in [-0.15, -0.1) is 0 Å². The lowest BCUT2D eigenvalue weighted by Gasteiger charge is -2.45. The van der Waals surface area contributed by atoms with Crippen LogP contribution in [0.4, 0.5) is 0 Å². The van der Waals surface area contributed by atoms with Gasteiger partial charge in [-0.25, -0.2) is 4.68 Å². The maximum Gasteiger partial charge on any atom is 0.276 e. The van der Waals surface area contributed by atoms with Crippen LogP contribution in [0, 0.1) is 12.3 Å². The number of hydrogen-bond acceptors (Lipinski definition) is 4. The first kappa shape index (κ1) is 19.9. The summed E-state index contributed by atoms with van der Waals surface area (Å²) >= 11 is 0. The van der Waals surface area contributed by atoms with E-state index < -0.39 is 11.5 Å². The van der Waals surface area contributed by atoms with E-state index in [9.17, 15) is 15.0 Å². The first-order valence-electron chi connectivity index (χ1n) is 9.77. The molecule has 0 spiro atoms. The first-order chi connectivity index (χ1) is 12.9. The Bertz CT molecular complexity index is 827. The van der Waals surface area contributed by atoms with E-state index in [1.807, 2.05) is 49.0 Å². The molecule has 2 atom stereocenters. The van der Waals surface area contributed by atoms with Gasteiger partial charge in [0.2, 0.25) is 0 Å². The van der Waals surface area contributed by atoms with Crippen LogP contribution in [0.25, 0.3) is 5.69 Å². The van der Waals surface area contributed by atoms with Crippen LogP contribution in [0.1, 0.15) is 37.4 Å². The summed E-state index contributed by atoms with van der Waals surface area (Å²) in [4.78, 5) is 15.3. The van der Waals surface area contributed by atoms with Gasteiger partial charge in [0.1, 0.15) is 0 Å². The monoisotopic (exact) mass is 373 g/mol. The van der Waals surface area contributed by atoms with Crippen molar-refractivity contribution >= 4 is 0 Å². The molecule has 0 bridgehead atoms. The van der Waals surface area contributed by atoms with E-state index in [0.29, 0.717) is 19.5 Å². The summed E-state index contributed by atoms with van der Waals surface area (Å²) in [6.45, 7) is 5.89. The van der Waals surface area contributed by atoms with E-state index in [0.717, 1.165) is 36.3 Å². The van der Waals surface area contributed by atoms with E-state index in [1.54, 1.807) is 4.68 Å². The zero-order valence-corrected chi connectivity index (χ0v) is 16.6. The van der Waals surface area contributed by atoms with Crippen LogP contribution >= 0.6 is 0 Å². The van der Waals surface area contributed by atoms with E-state index in [-0.39, 0.29) is 12.2 Å². The second kappa shape index (κ2) is 8.00. The molecule has 2 aromatic rings. The van der Waals surface area contributed by atoms with E-state index in [1.165, 1.54) is 0 Å². The number of para-hydroxylation sites is 1. The number of piperidine rings is 1. The summed E-state index contributed by atoms with van der Waals surface area (Å²) in [6, 6.07) is 9.65. The largest absolute Gasteiger partial charge is 0.396 e. The molecule has 3 rings (SSSR count). The maximum atomic E-state index is 13.1. The van der Waals surface area contributed by atoms with Crippen LogP contribution in [0.2, 0.25) is 0 Å². The van der Waals surface area contributed by atoms with Gasteiger partial charge in [-0.3, -0.25) is 14.4 Å².